The number of hydrogen-bond donors (Lipinski definition) is 1. The van der Waals surface area contributed by atoms with Gasteiger partial charge in [-0.3, -0.25) is 4.98 Å². The molecule has 2 N–H and O–H groups in total. The Morgan fingerprint density at radius 3 is 2.44 bits per heavy atom. The van der Waals surface area contributed by atoms with Crippen LogP contribution in [0.2, 0.25) is 15.1 Å². The molecule has 1 aromatic carbocycles. The molecule has 0 saturated carbocycles. The highest BCUT2D eigenvalue weighted by Gasteiger charge is 2.11. The Labute approximate surface area is 121 Å². The summed E-state index contributed by atoms with van der Waals surface area (Å²) in [4.78, 5) is 4.19. The Kier molecular flexibility index (Phi) is 4.46. The van der Waals surface area contributed by atoms with E-state index in [9.17, 15) is 0 Å². The van der Waals surface area contributed by atoms with Crippen molar-refractivity contribution in [1.82, 2.24) is 4.98 Å². The van der Waals surface area contributed by atoms with E-state index >= 15 is 0 Å². The molecule has 1 aromatic heterocycles. The molecule has 0 spiro atoms. The van der Waals surface area contributed by atoms with Gasteiger partial charge in [-0.15, -0.1) is 0 Å². The van der Waals surface area contributed by atoms with Crippen LogP contribution in [0.4, 0.5) is 0 Å². The van der Waals surface area contributed by atoms with E-state index in [-0.39, 0.29) is 6.04 Å². The molecule has 0 aliphatic carbocycles. The van der Waals surface area contributed by atoms with Gasteiger partial charge in [0.25, 0.3) is 0 Å². The zero-order valence-electron chi connectivity index (χ0n) is 9.41. The fraction of sp³-hybridized carbons (Fsp3) is 0.154. The Bertz CT molecular complexity index is 540. The average Bonchev–Trinajstić information content (AvgIpc) is 2.34. The topological polar surface area (TPSA) is 38.9 Å². The molecular weight excluding hydrogens is 291 g/mol. The highest BCUT2D eigenvalue weighted by Crippen LogP contribution is 2.24. The van der Waals surface area contributed by atoms with Gasteiger partial charge in [0.2, 0.25) is 0 Å². The molecule has 2 aromatic rings. The van der Waals surface area contributed by atoms with Crippen LogP contribution in [0.25, 0.3) is 0 Å². The number of nitrogens with zero attached hydrogens (tertiary/aromatic N) is 1. The second kappa shape index (κ2) is 5.89. The number of halogens is 3. The second-order valence-electron chi connectivity index (χ2n) is 3.95. The van der Waals surface area contributed by atoms with Crippen LogP contribution in [-0.4, -0.2) is 4.98 Å². The van der Waals surface area contributed by atoms with Crippen LogP contribution in [0.15, 0.2) is 36.5 Å². The van der Waals surface area contributed by atoms with Crippen LogP contribution >= 0.6 is 34.8 Å². The summed E-state index contributed by atoms with van der Waals surface area (Å²) in [7, 11) is 0. The van der Waals surface area contributed by atoms with Crippen LogP contribution < -0.4 is 5.73 Å². The smallest absolute Gasteiger partial charge is 0.0589 e. The zero-order valence-corrected chi connectivity index (χ0v) is 11.7. The third-order valence-corrected chi connectivity index (χ3v) is 3.41. The van der Waals surface area contributed by atoms with Crippen molar-refractivity contribution in [1.29, 1.82) is 0 Å². The third-order valence-electron chi connectivity index (χ3n) is 2.58. The van der Waals surface area contributed by atoms with Crippen molar-refractivity contribution in [2.75, 3.05) is 0 Å². The molecule has 1 atom stereocenters. The molecule has 0 saturated heterocycles. The molecule has 94 valence electrons. The highest BCUT2D eigenvalue weighted by atomic mass is 35.5. The van der Waals surface area contributed by atoms with Gasteiger partial charge < -0.3 is 5.73 Å². The van der Waals surface area contributed by atoms with E-state index in [1.165, 1.54) is 0 Å². The quantitative estimate of drug-likeness (QED) is 0.918. The third kappa shape index (κ3) is 3.36. The van der Waals surface area contributed by atoms with E-state index in [4.69, 9.17) is 40.5 Å². The Balaban J connectivity index is 2.18. The van der Waals surface area contributed by atoms with E-state index in [0.717, 1.165) is 11.3 Å². The van der Waals surface area contributed by atoms with Crippen molar-refractivity contribution in [3.05, 3.63) is 62.9 Å². The Hall–Kier alpha value is -0.800. The summed E-state index contributed by atoms with van der Waals surface area (Å²) in [6.45, 7) is 0. The zero-order chi connectivity index (χ0) is 13.1. The van der Waals surface area contributed by atoms with Gasteiger partial charge >= 0.3 is 0 Å². The van der Waals surface area contributed by atoms with Gasteiger partial charge in [-0.1, -0.05) is 34.8 Å². The highest BCUT2D eigenvalue weighted by molar-refractivity contribution is 6.33. The first kappa shape index (κ1) is 13.6. The number of nitrogens with two attached hydrogens (primary N) is 1. The molecule has 18 heavy (non-hydrogen) atoms. The summed E-state index contributed by atoms with van der Waals surface area (Å²) in [6, 6.07) is 8.67. The largest absolute Gasteiger partial charge is 0.322 e. The van der Waals surface area contributed by atoms with Gasteiger partial charge in [0.05, 0.1) is 16.8 Å². The maximum Gasteiger partial charge on any atom is 0.0589 e. The first-order valence-corrected chi connectivity index (χ1v) is 6.50. The monoisotopic (exact) mass is 300 g/mol. The minimum atomic E-state index is -0.238. The van der Waals surface area contributed by atoms with E-state index in [1.54, 1.807) is 24.4 Å². The summed E-state index contributed by atoms with van der Waals surface area (Å²) < 4.78 is 0. The van der Waals surface area contributed by atoms with Gasteiger partial charge in [0, 0.05) is 16.2 Å². The molecule has 0 aliphatic heterocycles. The summed E-state index contributed by atoms with van der Waals surface area (Å²) in [6.07, 6.45) is 2.16. The van der Waals surface area contributed by atoms with Gasteiger partial charge in [0.15, 0.2) is 0 Å². The van der Waals surface area contributed by atoms with Crippen molar-refractivity contribution in [2.45, 2.75) is 12.5 Å². The number of rotatable bonds is 3. The Morgan fingerprint density at radius 1 is 1.06 bits per heavy atom. The molecule has 0 fully saturated rings. The molecule has 0 aliphatic rings. The molecule has 2 nitrogen and oxygen atoms in total. The van der Waals surface area contributed by atoms with Gasteiger partial charge in [-0.2, -0.15) is 0 Å². The van der Waals surface area contributed by atoms with E-state index in [1.807, 2.05) is 12.1 Å². The van der Waals surface area contributed by atoms with Crippen molar-refractivity contribution < 1.29 is 0 Å². The van der Waals surface area contributed by atoms with Gasteiger partial charge in [0.1, 0.15) is 0 Å². The second-order valence-corrected chi connectivity index (χ2v) is 5.23. The Morgan fingerprint density at radius 2 is 1.78 bits per heavy atom. The van der Waals surface area contributed by atoms with Crippen LogP contribution in [0.3, 0.4) is 0 Å². The van der Waals surface area contributed by atoms with Crippen molar-refractivity contribution in [3.8, 4) is 0 Å². The average molecular weight is 302 g/mol. The number of pyridine rings is 1. The van der Waals surface area contributed by atoms with Crippen LogP contribution in [0.5, 0.6) is 0 Å². The lowest BCUT2D eigenvalue weighted by Crippen LogP contribution is -2.15. The molecule has 1 heterocycles. The standard InChI is InChI=1S/C13H11Cl3N2/c14-9-1-3-11(16)8(5-9)6-12(17)13-4-2-10(15)7-18-13/h1-5,7,12H,6,17H2. The molecule has 2 rings (SSSR count). The molecule has 0 bridgehead atoms. The normalized spacial score (nSPS) is 12.4. The molecule has 1 unspecified atom stereocenters. The van der Waals surface area contributed by atoms with E-state index < -0.39 is 0 Å². The molecule has 0 radical (unpaired) electrons. The maximum atomic E-state index is 6.10. The van der Waals surface area contributed by atoms with Crippen LogP contribution in [-0.2, 0) is 6.42 Å². The summed E-state index contributed by atoms with van der Waals surface area (Å²) in [5.41, 5.74) is 7.77. The van der Waals surface area contributed by atoms with E-state index in [0.29, 0.717) is 21.5 Å². The minimum Gasteiger partial charge on any atom is -0.322 e. The summed E-state index contributed by atoms with van der Waals surface area (Å²) in [5, 5.41) is 1.89. The fourth-order valence-electron chi connectivity index (χ4n) is 1.65. The predicted octanol–water partition coefficient (Wildman–Crippen LogP) is 4.28. The number of aromatic nitrogens is 1. The number of benzene rings is 1. The van der Waals surface area contributed by atoms with Gasteiger partial charge in [-0.25, -0.2) is 0 Å². The van der Waals surface area contributed by atoms with Crippen molar-refractivity contribution in [2.24, 2.45) is 5.73 Å². The van der Waals surface area contributed by atoms with E-state index in [2.05, 4.69) is 4.98 Å². The predicted molar refractivity (Wildman–Crippen MR) is 76.3 cm³/mol. The summed E-state index contributed by atoms with van der Waals surface area (Å²) in [5.74, 6) is 0. The van der Waals surface area contributed by atoms with Crippen LogP contribution in [0, 0.1) is 0 Å². The molecule has 0 amide bonds. The minimum absolute atomic E-state index is 0.238. The molecular formula is C13H11Cl3N2. The lowest BCUT2D eigenvalue weighted by molar-refractivity contribution is 0.697. The SMILES string of the molecule is NC(Cc1cc(Cl)ccc1Cl)c1ccc(Cl)cn1. The van der Waals surface area contributed by atoms with Crippen molar-refractivity contribution in [3.63, 3.8) is 0 Å². The fourth-order valence-corrected chi connectivity index (χ4v) is 2.15. The van der Waals surface area contributed by atoms with Crippen molar-refractivity contribution >= 4 is 34.8 Å². The number of hydrogen-bond acceptors (Lipinski definition) is 2. The van der Waals surface area contributed by atoms with Gasteiger partial charge in [-0.05, 0) is 42.3 Å². The maximum absolute atomic E-state index is 6.10. The summed E-state index contributed by atoms with van der Waals surface area (Å²) >= 11 is 17.8. The first-order valence-electron chi connectivity index (χ1n) is 5.37. The molecule has 5 heteroatoms. The van der Waals surface area contributed by atoms with Crippen LogP contribution in [0.1, 0.15) is 17.3 Å². The first-order chi connectivity index (χ1) is 8.56. The lowest BCUT2D eigenvalue weighted by Gasteiger charge is -2.12. The lowest BCUT2D eigenvalue weighted by atomic mass is 10.0.